The number of anilines is 1. The molecule has 1 aromatic rings. The van der Waals surface area contributed by atoms with E-state index < -0.39 is 11.6 Å². The number of rotatable bonds is 8. The molecule has 3 nitrogen and oxygen atoms in total. The first-order valence-corrected chi connectivity index (χ1v) is 6.58. The fraction of sp³-hybridized carbons (Fsp3) is 0.462. The van der Waals surface area contributed by atoms with Gasteiger partial charge in [0, 0.05) is 25.3 Å². The van der Waals surface area contributed by atoms with Crippen LogP contribution in [0.25, 0.3) is 0 Å². The van der Waals surface area contributed by atoms with Crippen molar-refractivity contribution >= 4 is 22.9 Å². The first kappa shape index (κ1) is 15.8. The van der Waals surface area contributed by atoms with E-state index in [-0.39, 0.29) is 16.2 Å². The van der Waals surface area contributed by atoms with Gasteiger partial charge in [-0.3, -0.25) is 0 Å². The van der Waals surface area contributed by atoms with Crippen LogP contribution in [-0.4, -0.2) is 24.7 Å². The van der Waals surface area contributed by atoms with E-state index >= 15 is 0 Å². The normalized spacial score (nSPS) is 10.5. The molecule has 0 unspecified atom stereocenters. The minimum atomic E-state index is -1.01. The minimum absolute atomic E-state index is 0.0793. The Balaban J connectivity index is 2.51. The zero-order chi connectivity index (χ0) is 14.3. The summed E-state index contributed by atoms with van der Waals surface area (Å²) < 4.78 is 32.5. The average molecular weight is 288 g/mol. The highest BCUT2D eigenvalue weighted by Crippen LogP contribution is 2.20. The lowest BCUT2D eigenvalue weighted by Gasteiger charge is -2.10. The summed E-state index contributed by atoms with van der Waals surface area (Å²) in [6, 6.07) is 2.80. The maximum atomic E-state index is 13.7. The Kier molecular flexibility index (Phi) is 6.66. The smallest absolute Gasteiger partial charge is 0.182 e. The molecular weight excluding hydrogens is 270 g/mol. The number of thiocarbonyl (C=S) groups is 1. The third-order valence-corrected chi connectivity index (χ3v) is 2.70. The number of hydrogen-bond acceptors (Lipinski definition) is 3. The molecule has 19 heavy (non-hydrogen) atoms. The van der Waals surface area contributed by atoms with Crippen LogP contribution in [-0.2, 0) is 4.74 Å². The predicted molar refractivity (Wildman–Crippen MR) is 76.5 cm³/mol. The van der Waals surface area contributed by atoms with E-state index in [0.717, 1.165) is 12.8 Å². The zero-order valence-corrected chi connectivity index (χ0v) is 11.7. The number of ether oxygens (including phenoxy) is 1. The van der Waals surface area contributed by atoms with E-state index in [0.29, 0.717) is 19.8 Å². The van der Waals surface area contributed by atoms with Crippen LogP contribution in [0, 0.1) is 11.6 Å². The van der Waals surface area contributed by atoms with Gasteiger partial charge in [0.15, 0.2) is 11.6 Å². The van der Waals surface area contributed by atoms with Gasteiger partial charge in [0.1, 0.15) is 4.99 Å². The highest BCUT2D eigenvalue weighted by atomic mass is 32.1. The third kappa shape index (κ3) is 4.72. The van der Waals surface area contributed by atoms with Crippen LogP contribution in [0.1, 0.15) is 25.3 Å². The number of nitrogens with one attached hydrogen (secondary N) is 1. The van der Waals surface area contributed by atoms with Crippen molar-refractivity contribution in [2.75, 3.05) is 25.1 Å². The molecule has 1 aromatic carbocycles. The van der Waals surface area contributed by atoms with Crippen molar-refractivity contribution in [1.82, 2.24) is 0 Å². The monoisotopic (exact) mass is 288 g/mol. The molecule has 1 rings (SSSR count). The van der Waals surface area contributed by atoms with Crippen LogP contribution >= 0.6 is 12.2 Å². The summed E-state index contributed by atoms with van der Waals surface area (Å²) in [6.07, 6.45) is 1.69. The molecule has 0 saturated heterocycles. The van der Waals surface area contributed by atoms with Crippen molar-refractivity contribution in [3.8, 4) is 0 Å². The summed E-state index contributed by atoms with van der Waals surface area (Å²) >= 11 is 4.63. The number of halogens is 2. The van der Waals surface area contributed by atoms with Crippen LogP contribution in [0.5, 0.6) is 0 Å². The van der Waals surface area contributed by atoms with Gasteiger partial charge in [0.05, 0.1) is 5.69 Å². The SMILES string of the molecule is CCCOCCCNc1ccc(C(N)=S)c(F)c1F. The van der Waals surface area contributed by atoms with E-state index in [1.165, 1.54) is 12.1 Å². The number of benzene rings is 1. The maximum Gasteiger partial charge on any atom is 0.182 e. The highest BCUT2D eigenvalue weighted by Gasteiger charge is 2.14. The van der Waals surface area contributed by atoms with E-state index in [4.69, 9.17) is 10.5 Å². The van der Waals surface area contributed by atoms with Gasteiger partial charge in [0.2, 0.25) is 0 Å². The highest BCUT2D eigenvalue weighted by molar-refractivity contribution is 7.80. The van der Waals surface area contributed by atoms with Crippen molar-refractivity contribution in [2.24, 2.45) is 5.73 Å². The maximum absolute atomic E-state index is 13.7. The Morgan fingerprint density at radius 2 is 2.05 bits per heavy atom. The first-order chi connectivity index (χ1) is 9.07. The second-order valence-electron chi connectivity index (χ2n) is 4.05. The van der Waals surface area contributed by atoms with Gasteiger partial charge >= 0.3 is 0 Å². The third-order valence-electron chi connectivity index (χ3n) is 2.48. The fourth-order valence-electron chi connectivity index (χ4n) is 1.52. The van der Waals surface area contributed by atoms with Gasteiger partial charge < -0.3 is 15.8 Å². The summed E-state index contributed by atoms with van der Waals surface area (Å²) in [5, 5.41) is 2.82. The summed E-state index contributed by atoms with van der Waals surface area (Å²) in [5.74, 6) is -1.97. The van der Waals surface area contributed by atoms with Crippen molar-refractivity contribution < 1.29 is 13.5 Å². The van der Waals surface area contributed by atoms with E-state index in [1.807, 2.05) is 6.92 Å². The van der Waals surface area contributed by atoms with Crippen LogP contribution in [0.4, 0.5) is 14.5 Å². The molecule has 106 valence electrons. The predicted octanol–water partition coefficient (Wildman–Crippen LogP) is 2.83. The molecule has 0 bridgehead atoms. The van der Waals surface area contributed by atoms with Crippen LogP contribution < -0.4 is 11.1 Å². The molecule has 0 radical (unpaired) electrons. The number of nitrogens with two attached hydrogens (primary N) is 1. The summed E-state index contributed by atoms with van der Waals surface area (Å²) in [4.78, 5) is -0.157. The summed E-state index contributed by atoms with van der Waals surface area (Å²) in [5.41, 5.74) is 5.31. The molecule has 0 amide bonds. The molecule has 0 aliphatic rings. The molecule has 3 N–H and O–H groups in total. The van der Waals surface area contributed by atoms with Crippen molar-refractivity contribution in [3.63, 3.8) is 0 Å². The topological polar surface area (TPSA) is 47.3 Å². The molecule has 0 saturated carbocycles. The van der Waals surface area contributed by atoms with Crippen LogP contribution in [0.2, 0.25) is 0 Å². The molecule has 0 aliphatic carbocycles. The van der Waals surface area contributed by atoms with Gasteiger partial charge in [-0.1, -0.05) is 19.1 Å². The molecule has 0 fully saturated rings. The lowest BCUT2D eigenvalue weighted by molar-refractivity contribution is 0.134. The molecule has 0 aromatic heterocycles. The Morgan fingerprint density at radius 3 is 2.68 bits per heavy atom. The Hall–Kier alpha value is -1.27. The first-order valence-electron chi connectivity index (χ1n) is 6.17. The van der Waals surface area contributed by atoms with Gasteiger partial charge in [-0.25, -0.2) is 8.78 Å². The van der Waals surface area contributed by atoms with Gasteiger partial charge in [-0.15, -0.1) is 0 Å². The van der Waals surface area contributed by atoms with Crippen LogP contribution in [0.3, 0.4) is 0 Å². The summed E-state index contributed by atoms with van der Waals surface area (Å²) in [6.45, 7) is 3.84. The van der Waals surface area contributed by atoms with Gasteiger partial charge in [-0.05, 0) is 25.0 Å². The number of hydrogen-bond donors (Lipinski definition) is 2. The molecule has 0 heterocycles. The lowest BCUT2D eigenvalue weighted by atomic mass is 10.1. The molecule has 0 atom stereocenters. The van der Waals surface area contributed by atoms with E-state index in [1.54, 1.807) is 0 Å². The summed E-state index contributed by atoms with van der Waals surface area (Å²) in [7, 11) is 0. The molecule has 0 aliphatic heterocycles. The Labute approximate surface area is 117 Å². The van der Waals surface area contributed by atoms with E-state index in [9.17, 15) is 8.78 Å². The van der Waals surface area contributed by atoms with Gasteiger partial charge in [-0.2, -0.15) is 0 Å². The quantitative estimate of drug-likeness (QED) is 0.570. The lowest BCUT2D eigenvalue weighted by Crippen LogP contribution is -2.14. The molecular formula is C13H18F2N2OS. The largest absolute Gasteiger partial charge is 0.389 e. The minimum Gasteiger partial charge on any atom is -0.389 e. The van der Waals surface area contributed by atoms with Gasteiger partial charge in [0.25, 0.3) is 0 Å². The Bertz CT molecular complexity index is 441. The average Bonchev–Trinajstić information content (AvgIpc) is 2.38. The fourth-order valence-corrected chi connectivity index (χ4v) is 1.68. The molecule has 0 spiro atoms. The van der Waals surface area contributed by atoms with Crippen molar-refractivity contribution in [1.29, 1.82) is 0 Å². The second-order valence-corrected chi connectivity index (χ2v) is 4.49. The zero-order valence-electron chi connectivity index (χ0n) is 10.8. The Morgan fingerprint density at radius 1 is 1.32 bits per heavy atom. The van der Waals surface area contributed by atoms with Crippen molar-refractivity contribution in [2.45, 2.75) is 19.8 Å². The molecule has 6 heteroatoms. The standard InChI is InChI=1S/C13H18F2N2OS/c1-2-7-18-8-3-6-17-10-5-4-9(13(16)19)11(14)12(10)15/h4-5,17H,2-3,6-8H2,1H3,(H2,16,19). The van der Waals surface area contributed by atoms with Crippen LogP contribution in [0.15, 0.2) is 12.1 Å². The van der Waals surface area contributed by atoms with E-state index in [2.05, 4.69) is 17.5 Å². The van der Waals surface area contributed by atoms with Crippen molar-refractivity contribution in [3.05, 3.63) is 29.3 Å². The second kappa shape index (κ2) is 8.01.